The fourth-order valence-electron chi connectivity index (χ4n) is 2.45. The Morgan fingerprint density at radius 3 is 2.70 bits per heavy atom. The van der Waals surface area contributed by atoms with Crippen molar-refractivity contribution >= 4 is 22.4 Å². The molecule has 2 rings (SSSR count). The molecule has 1 aliphatic rings. The maximum Gasteiger partial charge on any atom is 0.319 e. The Morgan fingerprint density at radius 2 is 2.10 bits per heavy atom. The lowest BCUT2D eigenvalue weighted by Gasteiger charge is -2.35. The van der Waals surface area contributed by atoms with Crippen LogP contribution in [0.25, 0.3) is 0 Å². The molecule has 112 valence electrons. The van der Waals surface area contributed by atoms with Crippen LogP contribution in [0.2, 0.25) is 0 Å². The van der Waals surface area contributed by atoms with Crippen LogP contribution in [0.4, 0.5) is 9.80 Å². The third-order valence-electron chi connectivity index (χ3n) is 3.19. The second-order valence-electron chi connectivity index (χ2n) is 5.31. The number of morpholine rings is 1. The zero-order valence-corrected chi connectivity index (χ0v) is 13.1. The van der Waals surface area contributed by atoms with Gasteiger partial charge in [0.15, 0.2) is 0 Å². The summed E-state index contributed by atoms with van der Waals surface area (Å²) >= 11 is 1.58. The van der Waals surface area contributed by atoms with E-state index in [9.17, 15) is 4.79 Å². The first-order valence-electron chi connectivity index (χ1n) is 7.02. The first-order chi connectivity index (χ1) is 9.52. The number of amides is 2. The van der Waals surface area contributed by atoms with Gasteiger partial charge < -0.3 is 10.1 Å². The lowest BCUT2D eigenvalue weighted by molar-refractivity contribution is -0.0672. The molecule has 0 spiro atoms. The van der Waals surface area contributed by atoms with Crippen molar-refractivity contribution in [3.63, 3.8) is 0 Å². The van der Waals surface area contributed by atoms with E-state index in [4.69, 9.17) is 4.74 Å². The van der Waals surface area contributed by atoms with E-state index in [0.29, 0.717) is 6.54 Å². The lowest BCUT2D eigenvalue weighted by atomic mass is 10.2. The highest BCUT2D eigenvalue weighted by Crippen LogP contribution is 2.20. The number of aryl methyl sites for hydroxylation is 1. The summed E-state index contributed by atoms with van der Waals surface area (Å²) < 4.78 is 5.69. The van der Waals surface area contributed by atoms with E-state index in [1.54, 1.807) is 11.3 Å². The smallest absolute Gasteiger partial charge is 0.319 e. The van der Waals surface area contributed by atoms with Crippen molar-refractivity contribution in [1.29, 1.82) is 0 Å². The second-order valence-corrected chi connectivity index (χ2v) is 6.60. The van der Waals surface area contributed by atoms with Crippen molar-refractivity contribution in [3.05, 3.63) is 17.0 Å². The van der Waals surface area contributed by atoms with Gasteiger partial charge in [0.1, 0.15) is 0 Å². The van der Waals surface area contributed by atoms with Gasteiger partial charge in [0.05, 0.1) is 17.2 Å². The van der Waals surface area contributed by atoms with Gasteiger partial charge in [-0.05, 0) is 32.9 Å². The molecule has 0 radical (unpaired) electrons. The molecular weight excluding hydrogens is 274 g/mol. The van der Waals surface area contributed by atoms with Crippen LogP contribution in [0.1, 0.15) is 18.7 Å². The number of ether oxygens (including phenoxy) is 1. The van der Waals surface area contributed by atoms with Crippen LogP contribution in [-0.2, 0) is 4.74 Å². The molecule has 0 unspecified atom stereocenters. The van der Waals surface area contributed by atoms with Crippen molar-refractivity contribution < 1.29 is 9.53 Å². The van der Waals surface area contributed by atoms with Gasteiger partial charge in [-0.2, -0.15) is 0 Å². The lowest BCUT2D eigenvalue weighted by Crippen LogP contribution is -2.48. The van der Waals surface area contributed by atoms with Gasteiger partial charge >= 0.3 is 6.03 Å². The molecule has 0 bridgehead atoms. The highest BCUT2D eigenvalue weighted by molar-refractivity contribution is 7.16. The Balaban J connectivity index is 1.66. The van der Waals surface area contributed by atoms with Gasteiger partial charge in [0, 0.05) is 31.1 Å². The minimum absolute atomic E-state index is 0.138. The molecular formula is C14H23N3O2S. The summed E-state index contributed by atoms with van der Waals surface area (Å²) in [5, 5.41) is 6.62. The average Bonchev–Trinajstić information content (AvgIpc) is 2.73. The van der Waals surface area contributed by atoms with E-state index in [1.165, 1.54) is 4.88 Å². The van der Waals surface area contributed by atoms with Crippen molar-refractivity contribution in [1.82, 2.24) is 10.2 Å². The van der Waals surface area contributed by atoms with Gasteiger partial charge in [0.2, 0.25) is 0 Å². The van der Waals surface area contributed by atoms with Crippen LogP contribution in [0.5, 0.6) is 0 Å². The van der Waals surface area contributed by atoms with E-state index in [1.807, 2.05) is 19.1 Å². The van der Waals surface area contributed by atoms with Crippen molar-refractivity contribution in [2.24, 2.45) is 0 Å². The maximum atomic E-state index is 11.7. The number of carbonyl (C=O) groups excluding carboxylic acids is 1. The number of urea groups is 1. The normalized spacial score (nSPS) is 23.6. The number of hydrogen-bond donors (Lipinski definition) is 2. The fourth-order valence-corrected chi connectivity index (χ4v) is 3.22. The predicted octanol–water partition coefficient (Wildman–Crippen LogP) is 2.29. The largest absolute Gasteiger partial charge is 0.373 e. The van der Waals surface area contributed by atoms with E-state index in [-0.39, 0.29) is 18.2 Å². The Kier molecular flexibility index (Phi) is 5.39. The third kappa shape index (κ3) is 4.77. The molecule has 2 amide bonds. The quantitative estimate of drug-likeness (QED) is 0.896. The molecule has 1 aromatic heterocycles. The van der Waals surface area contributed by atoms with Crippen LogP contribution in [0.15, 0.2) is 12.1 Å². The number of nitrogens with zero attached hydrogens (tertiary/aromatic N) is 1. The summed E-state index contributed by atoms with van der Waals surface area (Å²) in [6.07, 6.45) is 0.531. The van der Waals surface area contributed by atoms with Crippen molar-refractivity contribution in [2.75, 3.05) is 31.5 Å². The topological polar surface area (TPSA) is 53.6 Å². The van der Waals surface area contributed by atoms with Crippen LogP contribution in [0, 0.1) is 6.92 Å². The minimum atomic E-state index is -0.138. The van der Waals surface area contributed by atoms with Crippen LogP contribution < -0.4 is 10.6 Å². The molecule has 0 aliphatic carbocycles. The number of thiophene rings is 1. The standard InChI is InChI=1S/C14H23N3O2S/c1-10-8-17(9-11(2)19-10)7-6-15-14(18)16-13-5-4-12(3)20-13/h4-5,10-11H,6-9H2,1-3H3,(H2,15,16,18)/t10-,11+. The molecule has 0 aromatic carbocycles. The summed E-state index contributed by atoms with van der Waals surface area (Å²) in [5.41, 5.74) is 0. The second kappa shape index (κ2) is 7.06. The zero-order chi connectivity index (χ0) is 14.5. The Hall–Kier alpha value is -1.11. The molecule has 1 fully saturated rings. The summed E-state index contributed by atoms with van der Waals surface area (Å²) in [5.74, 6) is 0. The predicted molar refractivity (Wildman–Crippen MR) is 82.5 cm³/mol. The minimum Gasteiger partial charge on any atom is -0.373 e. The number of carbonyl (C=O) groups is 1. The van der Waals surface area contributed by atoms with Crippen LogP contribution in [0.3, 0.4) is 0 Å². The molecule has 0 saturated carbocycles. The van der Waals surface area contributed by atoms with Gasteiger partial charge in [-0.1, -0.05) is 0 Å². The van der Waals surface area contributed by atoms with Crippen molar-refractivity contribution in [3.8, 4) is 0 Å². The monoisotopic (exact) mass is 297 g/mol. The summed E-state index contributed by atoms with van der Waals surface area (Å²) in [4.78, 5) is 15.3. The molecule has 1 saturated heterocycles. The van der Waals surface area contributed by atoms with Crippen molar-refractivity contribution in [2.45, 2.75) is 33.0 Å². The fraction of sp³-hybridized carbons (Fsp3) is 0.643. The Morgan fingerprint density at radius 1 is 1.40 bits per heavy atom. The number of hydrogen-bond acceptors (Lipinski definition) is 4. The highest BCUT2D eigenvalue weighted by Gasteiger charge is 2.21. The SMILES string of the molecule is Cc1ccc(NC(=O)NCCN2C[C@@H](C)O[C@@H](C)C2)s1. The molecule has 1 aliphatic heterocycles. The van der Waals surface area contributed by atoms with Gasteiger partial charge in [-0.25, -0.2) is 4.79 Å². The summed E-state index contributed by atoms with van der Waals surface area (Å²) in [6, 6.07) is 3.78. The molecule has 1 aromatic rings. The molecule has 5 nitrogen and oxygen atoms in total. The molecule has 2 N–H and O–H groups in total. The maximum absolute atomic E-state index is 11.7. The highest BCUT2D eigenvalue weighted by atomic mass is 32.1. The van der Waals surface area contributed by atoms with Crippen LogP contribution >= 0.6 is 11.3 Å². The van der Waals surface area contributed by atoms with Gasteiger partial charge in [0.25, 0.3) is 0 Å². The molecule has 2 heterocycles. The number of nitrogens with one attached hydrogen (secondary N) is 2. The number of rotatable bonds is 4. The van der Waals surface area contributed by atoms with Gasteiger partial charge in [-0.3, -0.25) is 10.2 Å². The van der Waals surface area contributed by atoms with E-state index in [2.05, 4.69) is 29.4 Å². The summed E-state index contributed by atoms with van der Waals surface area (Å²) in [7, 11) is 0. The van der Waals surface area contributed by atoms with E-state index >= 15 is 0 Å². The Bertz CT molecular complexity index is 439. The Labute approximate surface area is 124 Å². The number of anilines is 1. The molecule has 2 atom stereocenters. The molecule has 20 heavy (non-hydrogen) atoms. The zero-order valence-electron chi connectivity index (χ0n) is 12.3. The van der Waals surface area contributed by atoms with Gasteiger partial charge in [-0.15, -0.1) is 11.3 Å². The van der Waals surface area contributed by atoms with Crippen LogP contribution in [-0.4, -0.2) is 49.3 Å². The molecule has 6 heteroatoms. The third-order valence-corrected chi connectivity index (χ3v) is 4.10. The van der Waals surface area contributed by atoms with E-state index in [0.717, 1.165) is 24.6 Å². The average molecular weight is 297 g/mol. The van der Waals surface area contributed by atoms with E-state index < -0.39 is 0 Å². The first-order valence-corrected chi connectivity index (χ1v) is 7.83. The summed E-state index contributed by atoms with van der Waals surface area (Å²) in [6.45, 7) is 9.55. The first kappa shape index (κ1) is 15.3.